The predicted octanol–water partition coefficient (Wildman–Crippen LogP) is 3.31. The Bertz CT molecular complexity index is 990. The molecule has 27 heavy (non-hydrogen) atoms. The summed E-state index contributed by atoms with van der Waals surface area (Å²) in [5.74, 6) is -0.242. The first-order valence-electron chi connectivity index (χ1n) is 8.32. The maximum absolute atomic E-state index is 13.1. The van der Waals surface area contributed by atoms with E-state index in [1.54, 1.807) is 42.5 Å². The van der Waals surface area contributed by atoms with Gasteiger partial charge in [-0.05, 0) is 37.3 Å². The lowest BCUT2D eigenvalue weighted by Gasteiger charge is -2.14. The largest absolute Gasteiger partial charge is 0.496 e. The fourth-order valence-corrected chi connectivity index (χ4v) is 3.20. The Morgan fingerprint density at radius 2 is 1.70 bits per heavy atom. The van der Waals surface area contributed by atoms with Crippen LogP contribution in [0.2, 0.25) is 0 Å². The molecule has 2 amide bonds. The summed E-state index contributed by atoms with van der Waals surface area (Å²) in [4.78, 5) is 38.1. The highest BCUT2D eigenvalue weighted by Crippen LogP contribution is 2.43. The van der Waals surface area contributed by atoms with Crippen molar-refractivity contribution >= 4 is 34.6 Å². The van der Waals surface area contributed by atoms with E-state index in [9.17, 15) is 14.4 Å². The van der Waals surface area contributed by atoms with Crippen LogP contribution in [0.25, 0.3) is 11.3 Å². The number of carbonyl (C=O) groups is 3. The lowest BCUT2D eigenvalue weighted by Crippen LogP contribution is -2.31. The first kappa shape index (κ1) is 18.4. The number of Topliss-reactive ketones (excluding diaryl/α,β-unsaturated/α-hetero) is 1. The number of hydrogen-bond donors (Lipinski definition) is 0. The number of imide groups is 1. The van der Waals surface area contributed by atoms with Crippen molar-refractivity contribution in [2.75, 3.05) is 19.1 Å². The molecule has 138 valence electrons. The van der Waals surface area contributed by atoms with Gasteiger partial charge in [-0.15, -0.1) is 0 Å². The number of nitrogens with zero attached hydrogens (tertiary/aromatic N) is 1. The third kappa shape index (κ3) is 2.99. The van der Waals surface area contributed by atoms with Crippen molar-refractivity contribution < 1.29 is 23.9 Å². The predicted molar refractivity (Wildman–Crippen MR) is 101 cm³/mol. The summed E-state index contributed by atoms with van der Waals surface area (Å²) >= 11 is 0. The van der Waals surface area contributed by atoms with Crippen molar-refractivity contribution in [1.82, 2.24) is 0 Å². The average molecular weight is 365 g/mol. The number of benzene rings is 2. The third-order valence-corrected chi connectivity index (χ3v) is 4.43. The van der Waals surface area contributed by atoms with Gasteiger partial charge in [-0.2, -0.15) is 0 Å². The van der Waals surface area contributed by atoms with Gasteiger partial charge in [0, 0.05) is 18.1 Å². The van der Waals surface area contributed by atoms with Crippen molar-refractivity contribution in [1.29, 1.82) is 0 Å². The minimum Gasteiger partial charge on any atom is -0.496 e. The molecule has 0 atom stereocenters. The summed E-state index contributed by atoms with van der Waals surface area (Å²) in [6.07, 6.45) is 0. The summed E-state index contributed by atoms with van der Waals surface area (Å²) in [5.41, 5.74) is 2.15. The molecule has 3 rings (SSSR count). The second-order valence-electron chi connectivity index (χ2n) is 6.06. The Hall–Kier alpha value is -3.41. The Kier molecular flexibility index (Phi) is 4.81. The van der Waals surface area contributed by atoms with Crippen molar-refractivity contribution in [2.24, 2.45) is 0 Å². The molecule has 6 nitrogen and oxygen atoms in total. The molecule has 0 unspecified atom stereocenters. The fraction of sp³-hybridized carbons (Fsp3) is 0.190. The normalized spacial score (nSPS) is 14.7. The topological polar surface area (TPSA) is 72.9 Å². The molecule has 0 aliphatic carbocycles. The van der Waals surface area contributed by atoms with E-state index < -0.39 is 11.8 Å². The summed E-state index contributed by atoms with van der Waals surface area (Å²) in [5, 5.41) is 0. The number of carbonyl (C=O) groups excluding carboxylic acids is 3. The molecule has 1 aliphatic rings. The van der Waals surface area contributed by atoms with Crippen LogP contribution in [0.3, 0.4) is 0 Å². The van der Waals surface area contributed by atoms with Crippen LogP contribution >= 0.6 is 0 Å². The number of ketones is 1. The first-order chi connectivity index (χ1) is 12.9. The van der Waals surface area contributed by atoms with E-state index in [-0.39, 0.29) is 17.1 Å². The smallest absolute Gasteiger partial charge is 0.269 e. The molecular formula is C21H19NO5. The van der Waals surface area contributed by atoms with Crippen LogP contribution in [0.15, 0.2) is 42.5 Å². The van der Waals surface area contributed by atoms with Gasteiger partial charge < -0.3 is 9.47 Å². The van der Waals surface area contributed by atoms with Gasteiger partial charge >= 0.3 is 0 Å². The van der Waals surface area contributed by atoms with Crippen LogP contribution in [-0.2, 0) is 14.3 Å². The monoisotopic (exact) mass is 365 g/mol. The summed E-state index contributed by atoms with van der Waals surface area (Å²) in [6, 6.07) is 11.9. The van der Waals surface area contributed by atoms with Gasteiger partial charge in [0.2, 0.25) is 5.91 Å². The minimum atomic E-state index is -0.499. The molecule has 0 bridgehead atoms. The van der Waals surface area contributed by atoms with Crippen LogP contribution < -0.4 is 9.64 Å². The maximum atomic E-state index is 13.1. The number of fused-ring (bicyclic) bond motifs is 1. The van der Waals surface area contributed by atoms with Gasteiger partial charge in [0.25, 0.3) is 5.91 Å². The van der Waals surface area contributed by atoms with Crippen LogP contribution in [-0.4, -0.2) is 31.8 Å². The highest BCUT2D eigenvalue weighted by Gasteiger charge is 2.38. The fourth-order valence-electron chi connectivity index (χ4n) is 3.20. The molecule has 0 spiro atoms. The number of amides is 2. The molecule has 2 aromatic rings. The lowest BCUT2D eigenvalue weighted by atomic mass is 9.98. The van der Waals surface area contributed by atoms with Gasteiger partial charge in [0.05, 0.1) is 31.0 Å². The molecule has 1 heterocycles. The molecule has 0 radical (unpaired) electrons. The highest BCUT2D eigenvalue weighted by atomic mass is 16.5. The number of ether oxygens (including phenoxy) is 2. The van der Waals surface area contributed by atoms with E-state index in [2.05, 4.69) is 0 Å². The molecule has 0 aromatic heterocycles. The summed E-state index contributed by atoms with van der Waals surface area (Å²) < 4.78 is 11.0. The van der Waals surface area contributed by atoms with Crippen LogP contribution in [0.5, 0.6) is 5.75 Å². The molecule has 0 fully saturated rings. The number of anilines is 1. The quantitative estimate of drug-likeness (QED) is 0.472. The SMILES string of the molecule is CO/C(=C1\C(=O)N(C(C)=O)c2ccc(C(C)=O)cc21)c1ccccc1OC. The van der Waals surface area contributed by atoms with E-state index in [1.807, 2.05) is 0 Å². The maximum Gasteiger partial charge on any atom is 0.269 e. The molecule has 0 saturated carbocycles. The van der Waals surface area contributed by atoms with Crippen molar-refractivity contribution in [3.63, 3.8) is 0 Å². The molecule has 1 aliphatic heterocycles. The van der Waals surface area contributed by atoms with Gasteiger partial charge in [0.1, 0.15) is 11.5 Å². The number of para-hydroxylation sites is 1. The van der Waals surface area contributed by atoms with E-state index >= 15 is 0 Å². The first-order valence-corrected chi connectivity index (χ1v) is 8.32. The van der Waals surface area contributed by atoms with Gasteiger partial charge in [-0.1, -0.05) is 12.1 Å². The molecule has 6 heteroatoms. The van der Waals surface area contributed by atoms with Gasteiger partial charge in [-0.25, -0.2) is 4.90 Å². The Labute approximate surface area is 157 Å². The van der Waals surface area contributed by atoms with E-state index in [4.69, 9.17) is 9.47 Å². The standard InChI is InChI=1S/C21H19NO5/c1-12(23)14-9-10-17-16(11-14)19(21(25)22(17)13(2)24)20(27-4)15-7-5-6-8-18(15)26-3/h5-11H,1-4H3/b20-19-. The summed E-state index contributed by atoms with van der Waals surface area (Å²) in [7, 11) is 2.98. The van der Waals surface area contributed by atoms with Crippen molar-refractivity contribution in [2.45, 2.75) is 13.8 Å². The van der Waals surface area contributed by atoms with E-state index in [0.717, 1.165) is 4.90 Å². The third-order valence-electron chi connectivity index (χ3n) is 4.43. The second-order valence-corrected chi connectivity index (χ2v) is 6.06. The van der Waals surface area contributed by atoms with Crippen LogP contribution in [0, 0.1) is 0 Å². The zero-order chi connectivity index (χ0) is 19.7. The van der Waals surface area contributed by atoms with Crippen molar-refractivity contribution in [3.05, 3.63) is 59.2 Å². The number of hydrogen-bond acceptors (Lipinski definition) is 5. The van der Waals surface area contributed by atoms with Gasteiger partial charge in [0.15, 0.2) is 5.78 Å². The second kappa shape index (κ2) is 7.07. The number of methoxy groups -OCH3 is 2. The molecular weight excluding hydrogens is 346 g/mol. The van der Waals surface area contributed by atoms with E-state index in [0.29, 0.717) is 28.1 Å². The molecule has 0 N–H and O–H groups in total. The zero-order valence-corrected chi connectivity index (χ0v) is 15.5. The highest BCUT2D eigenvalue weighted by molar-refractivity contribution is 6.43. The minimum absolute atomic E-state index is 0.137. The number of rotatable bonds is 4. The average Bonchev–Trinajstić information content (AvgIpc) is 2.94. The Morgan fingerprint density at radius 3 is 2.30 bits per heavy atom. The van der Waals surface area contributed by atoms with Crippen LogP contribution in [0.1, 0.15) is 35.3 Å². The van der Waals surface area contributed by atoms with E-state index in [1.165, 1.54) is 28.1 Å². The summed E-state index contributed by atoms with van der Waals surface area (Å²) in [6.45, 7) is 2.77. The molecule has 2 aromatic carbocycles. The Morgan fingerprint density at radius 1 is 1.00 bits per heavy atom. The van der Waals surface area contributed by atoms with Gasteiger partial charge in [-0.3, -0.25) is 14.4 Å². The molecule has 0 saturated heterocycles. The zero-order valence-electron chi connectivity index (χ0n) is 15.5. The Balaban J connectivity index is 2.36. The lowest BCUT2D eigenvalue weighted by molar-refractivity contribution is -0.122. The van der Waals surface area contributed by atoms with Crippen molar-refractivity contribution in [3.8, 4) is 5.75 Å². The van der Waals surface area contributed by atoms with Crippen LogP contribution in [0.4, 0.5) is 5.69 Å².